The fraction of sp³-hybridized carbons (Fsp3) is 0. The Morgan fingerprint density at radius 1 is 0.857 bits per heavy atom. The van der Waals surface area contributed by atoms with Crippen molar-refractivity contribution in [2.75, 3.05) is 0 Å². The Balaban J connectivity index is 0.00000289. The third kappa shape index (κ3) is 4.58. The second kappa shape index (κ2) is 9.72. The Bertz CT molecular complexity index is 1530. The van der Waals surface area contributed by atoms with Crippen molar-refractivity contribution in [3.8, 4) is 33.6 Å². The van der Waals surface area contributed by atoms with Crippen LogP contribution in [-0.4, -0.2) is 32.1 Å². The van der Waals surface area contributed by atoms with Crippen molar-refractivity contribution in [1.82, 2.24) is 20.6 Å². The summed E-state index contributed by atoms with van der Waals surface area (Å²) in [4.78, 5) is 32.0. The number of aromatic nitrogens is 3. The first-order valence-corrected chi connectivity index (χ1v) is 10.2. The Hall–Kier alpha value is -4.60. The molecule has 5 aromatic rings. The van der Waals surface area contributed by atoms with Gasteiger partial charge in [0.15, 0.2) is 0 Å². The van der Waals surface area contributed by atoms with E-state index in [1.807, 2.05) is 48.5 Å². The summed E-state index contributed by atoms with van der Waals surface area (Å²) in [6.07, 6.45) is 3.21. The molecule has 0 saturated heterocycles. The maximum Gasteiger partial charge on any atom is 0.374 e. The SMILES string of the molecule is Cl.NNC(=O)c1cc(-c2ccc(-c3ccc(-c4cc(C(=O)O)on4)cc3)cc2)nc2ccncc12. The molecule has 35 heavy (non-hydrogen) atoms. The number of pyridine rings is 2. The zero-order valence-electron chi connectivity index (χ0n) is 18.0. The first kappa shape index (κ1) is 23.6. The highest BCUT2D eigenvalue weighted by Crippen LogP contribution is 2.29. The highest BCUT2D eigenvalue weighted by atomic mass is 35.5. The summed E-state index contributed by atoms with van der Waals surface area (Å²) in [5, 5.41) is 13.4. The van der Waals surface area contributed by atoms with Crippen LogP contribution in [0.2, 0.25) is 0 Å². The molecule has 0 fully saturated rings. The Morgan fingerprint density at radius 2 is 1.46 bits per heavy atom. The van der Waals surface area contributed by atoms with E-state index in [4.69, 9.17) is 15.5 Å². The third-order valence-corrected chi connectivity index (χ3v) is 5.40. The van der Waals surface area contributed by atoms with Crippen molar-refractivity contribution in [3.05, 3.63) is 90.4 Å². The minimum Gasteiger partial charge on any atom is -0.475 e. The molecule has 0 aliphatic rings. The Kier molecular flexibility index (Phi) is 6.54. The number of benzene rings is 2. The molecule has 0 spiro atoms. The van der Waals surface area contributed by atoms with Crippen LogP contribution < -0.4 is 11.3 Å². The molecule has 0 atom stereocenters. The molecule has 4 N–H and O–H groups in total. The zero-order valence-corrected chi connectivity index (χ0v) is 18.8. The van der Waals surface area contributed by atoms with E-state index < -0.39 is 11.9 Å². The number of fused-ring (bicyclic) bond motifs is 1. The number of halogens is 1. The first-order chi connectivity index (χ1) is 16.5. The van der Waals surface area contributed by atoms with Crippen molar-refractivity contribution < 1.29 is 19.2 Å². The normalized spacial score (nSPS) is 10.5. The van der Waals surface area contributed by atoms with Gasteiger partial charge >= 0.3 is 5.97 Å². The van der Waals surface area contributed by atoms with Crippen LogP contribution >= 0.6 is 12.4 Å². The van der Waals surface area contributed by atoms with Crippen molar-refractivity contribution in [2.24, 2.45) is 5.84 Å². The number of rotatable bonds is 5. The number of nitrogens with one attached hydrogen (secondary N) is 1. The van der Waals surface area contributed by atoms with E-state index in [9.17, 15) is 9.59 Å². The molecule has 5 rings (SSSR count). The lowest BCUT2D eigenvalue weighted by molar-refractivity contribution is 0.0652. The van der Waals surface area contributed by atoms with Crippen LogP contribution in [0.25, 0.3) is 44.5 Å². The molecule has 1 amide bonds. The van der Waals surface area contributed by atoms with Gasteiger partial charge < -0.3 is 9.63 Å². The molecule has 2 aromatic carbocycles. The Morgan fingerprint density at radius 3 is 2.03 bits per heavy atom. The standard InChI is InChI=1S/C25H17N5O4.ClH/c26-29-24(31)18-11-21(28-20-9-10-27-13-19(18)20)16-5-1-14(2-6-16)15-3-7-17(8-4-15)22-12-23(25(32)33)34-30-22;/h1-13H,26H2,(H,29,31)(H,32,33);1H. The fourth-order valence-electron chi connectivity index (χ4n) is 3.66. The van der Waals surface area contributed by atoms with E-state index >= 15 is 0 Å². The second-order valence-electron chi connectivity index (χ2n) is 7.46. The lowest BCUT2D eigenvalue weighted by Crippen LogP contribution is -2.30. The molecule has 0 saturated carbocycles. The minimum absolute atomic E-state index is 0. The number of amides is 1. The number of hydrazine groups is 1. The zero-order chi connectivity index (χ0) is 23.7. The summed E-state index contributed by atoms with van der Waals surface area (Å²) < 4.78 is 4.82. The predicted molar refractivity (Wildman–Crippen MR) is 132 cm³/mol. The summed E-state index contributed by atoms with van der Waals surface area (Å²) in [7, 11) is 0. The van der Waals surface area contributed by atoms with E-state index in [1.165, 1.54) is 6.07 Å². The average Bonchev–Trinajstić information content (AvgIpc) is 3.39. The number of nitrogen functional groups attached to an aromatic ring is 1. The molecule has 0 aliphatic heterocycles. The number of aromatic carboxylic acids is 1. The maximum absolute atomic E-state index is 12.3. The molecule has 3 heterocycles. The van der Waals surface area contributed by atoms with Crippen LogP contribution in [0.4, 0.5) is 0 Å². The van der Waals surface area contributed by atoms with Crippen LogP contribution in [0.1, 0.15) is 20.9 Å². The van der Waals surface area contributed by atoms with Crippen LogP contribution in [0, 0.1) is 0 Å². The number of carbonyl (C=O) groups is 2. The van der Waals surface area contributed by atoms with Crippen LogP contribution in [0.5, 0.6) is 0 Å². The predicted octanol–water partition coefficient (Wildman–Crippen LogP) is 4.34. The summed E-state index contributed by atoms with van der Waals surface area (Å²) in [6, 6.07) is 20.2. The van der Waals surface area contributed by atoms with Crippen LogP contribution in [-0.2, 0) is 0 Å². The van der Waals surface area contributed by atoms with Gasteiger partial charge in [0, 0.05) is 35.0 Å². The van der Waals surface area contributed by atoms with Gasteiger partial charge in [-0.25, -0.2) is 15.6 Å². The van der Waals surface area contributed by atoms with E-state index in [-0.39, 0.29) is 18.2 Å². The van der Waals surface area contributed by atoms with E-state index in [0.717, 1.165) is 22.3 Å². The van der Waals surface area contributed by atoms with E-state index in [2.05, 4.69) is 20.6 Å². The van der Waals surface area contributed by atoms with Gasteiger partial charge in [0.25, 0.3) is 5.91 Å². The largest absolute Gasteiger partial charge is 0.475 e. The first-order valence-electron chi connectivity index (χ1n) is 10.2. The van der Waals surface area contributed by atoms with Gasteiger partial charge in [0.1, 0.15) is 5.69 Å². The fourth-order valence-corrected chi connectivity index (χ4v) is 3.66. The molecule has 10 heteroatoms. The van der Waals surface area contributed by atoms with Gasteiger partial charge in [-0.3, -0.25) is 15.2 Å². The number of hydrogen-bond acceptors (Lipinski definition) is 7. The quantitative estimate of drug-likeness (QED) is 0.188. The van der Waals surface area contributed by atoms with Crippen LogP contribution in [0.15, 0.2) is 83.6 Å². The summed E-state index contributed by atoms with van der Waals surface area (Å²) >= 11 is 0. The molecule has 174 valence electrons. The summed E-state index contributed by atoms with van der Waals surface area (Å²) in [5.74, 6) is 3.57. The number of carboxylic acids is 1. The van der Waals surface area contributed by atoms with Gasteiger partial charge in [-0.1, -0.05) is 53.7 Å². The third-order valence-electron chi connectivity index (χ3n) is 5.40. The molecule has 0 radical (unpaired) electrons. The number of carbonyl (C=O) groups excluding carboxylic acids is 1. The van der Waals surface area contributed by atoms with Gasteiger partial charge in [-0.2, -0.15) is 0 Å². The van der Waals surface area contributed by atoms with E-state index in [0.29, 0.717) is 27.9 Å². The molecule has 0 aliphatic carbocycles. The Labute approximate surface area is 205 Å². The van der Waals surface area contributed by atoms with Crippen molar-refractivity contribution in [1.29, 1.82) is 0 Å². The monoisotopic (exact) mass is 487 g/mol. The number of hydrogen-bond donors (Lipinski definition) is 3. The minimum atomic E-state index is -1.16. The molecular weight excluding hydrogens is 470 g/mol. The van der Waals surface area contributed by atoms with Gasteiger partial charge in [-0.15, -0.1) is 12.4 Å². The molecular formula is C25H18ClN5O4. The number of carboxylic acid groups (broad SMARTS) is 1. The second-order valence-corrected chi connectivity index (χ2v) is 7.46. The highest BCUT2D eigenvalue weighted by Gasteiger charge is 2.14. The molecule has 0 unspecified atom stereocenters. The highest BCUT2D eigenvalue weighted by molar-refractivity contribution is 6.06. The van der Waals surface area contributed by atoms with Gasteiger partial charge in [-0.05, 0) is 23.3 Å². The molecule has 0 bridgehead atoms. The number of nitrogens with zero attached hydrogens (tertiary/aromatic N) is 3. The smallest absolute Gasteiger partial charge is 0.374 e. The van der Waals surface area contributed by atoms with Gasteiger partial charge in [0.2, 0.25) is 5.76 Å². The molecule has 3 aromatic heterocycles. The maximum atomic E-state index is 12.3. The topological polar surface area (TPSA) is 144 Å². The summed E-state index contributed by atoms with van der Waals surface area (Å²) in [5.41, 5.74) is 7.84. The van der Waals surface area contributed by atoms with E-state index in [1.54, 1.807) is 24.5 Å². The van der Waals surface area contributed by atoms with Crippen molar-refractivity contribution in [3.63, 3.8) is 0 Å². The summed E-state index contributed by atoms with van der Waals surface area (Å²) in [6.45, 7) is 0. The van der Waals surface area contributed by atoms with Crippen molar-refractivity contribution in [2.45, 2.75) is 0 Å². The van der Waals surface area contributed by atoms with Gasteiger partial charge in [0.05, 0.1) is 16.8 Å². The average molecular weight is 488 g/mol. The van der Waals surface area contributed by atoms with Crippen LogP contribution in [0.3, 0.4) is 0 Å². The van der Waals surface area contributed by atoms with Crippen molar-refractivity contribution >= 4 is 35.2 Å². The molecule has 9 nitrogen and oxygen atoms in total. The number of nitrogens with two attached hydrogens (primary N) is 1. The lowest BCUT2D eigenvalue weighted by atomic mass is 9.99. The lowest BCUT2D eigenvalue weighted by Gasteiger charge is -2.09.